The van der Waals surface area contributed by atoms with Crippen molar-refractivity contribution in [3.63, 3.8) is 0 Å². The van der Waals surface area contributed by atoms with Crippen LogP contribution in [0.1, 0.15) is 44.9 Å². The van der Waals surface area contributed by atoms with Crippen LogP contribution in [0.4, 0.5) is 0 Å². The van der Waals surface area contributed by atoms with Crippen LogP contribution in [0.2, 0.25) is 0 Å². The lowest BCUT2D eigenvalue weighted by atomic mass is 10.0. The third kappa shape index (κ3) is 3.33. The lowest BCUT2D eigenvalue weighted by Crippen LogP contribution is -2.53. The third-order valence-electron chi connectivity index (χ3n) is 4.44. The van der Waals surface area contributed by atoms with Gasteiger partial charge in [-0.3, -0.25) is 9.80 Å². The topological polar surface area (TPSA) is 26.7 Å². The molecule has 3 nitrogen and oxygen atoms in total. The molecule has 0 radical (unpaired) electrons. The van der Waals surface area contributed by atoms with E-state index in [0.717, 1.165) is 31.7 Å². The minimum absolute atomic E-state index is 0.251. The highest BCUT2D eigenvalue weighted by Gasteiger charge is 2.28. The molecule has 1 atom stereocenters. The van der Waals surface area contributed by atoms with Gasteiger partial charge in [-0.2, -0.15) is 0 Å². The summed E-state index contributed by atoms with van der Waals surface area (Å²) in [5, 5.41) is 10.1. The Balaban J connectivity index is 2.05. The van der Waals surface area contributed by atoms with E-state index in [2.05, 4.69) is 50.5 Å². The predicted octanol–water partition coefficient (Wildman–Crippen LogP) is 3.18. The largest absolute Gasteiger partial charge is 0.508 e. The number of aromatic hydroxyl groups is 1. The summed E-state index contributed by atoms with van der Waals surface area (Å²) in [6, 6.07) is 6.16. The molecule has 0 bridgehead atoms. The van der Waals surface area contributed by atoms with Crippen LogP contribution in [0.15, 0.2) is 18.2 Å². The quantitative estimate of drug-likeness (QED) is 0.898. The van der Waals surface area contributed by atoms with Crippen molar-refractivity contribution in [1.29, 1.82) is 0 Å². The molecule has 1 aromatic rings. The van der Waals surface area contributed by atoms with E-state index in [-0.39, 0.29) is 11.6 Å². The summed E-state index contributed by atoms with van der Waals surface area (Å²) in [5.74, 6) is 0.418. The van der Waals surface area contributed by atoms with E-state index in [4.69, 9.17) is 0 Å². The van der Waals surface area contributed by atoms with Crippen LogP contribution >= 0.6 is 0 Å². The first-order chi connectivity index (χ1) is 9.29. The maximum Gasteiger partial charge on any atom is 0.120 e. The van der Waals surface area contributed by atoms with Crippen molar-refractivity contribution < 1.29 is 5.11 Å². The summed E-state index contributed by atoms with van der Waals surface area (Å²) in [5.41, 5.74) is 2.51. The maximum atomic E-state index is 10.1. The molecule has 0 spiro atoms. The van der Waals surface area contributed by atoms with Crippen molar-refractivity contribution in [1.82, 2.24) is 9.80 Å². The van der Waals surface area contributed by atoms with Crippen molar-refractivity contribution in [3.8, 4) is 5.75 Å². The molecule has 1 N–H and O–H groups in total. The first-order valence-electron chi connectivity index (χ1n) is 7.57. The minimum atomic E-state index is 0.251. The molecule has 20 heavy (non-hydrogen) atoms. The Kier molecular flexibility index (Phi) is 4.40. The number of benzene rings is 1. The summed E-state index contributed by atoms with van der Waals surface area (Å²) in [6.07, 6.45) is 0. The Hall–Kier alpha value is -1.06. The first-order valence-corrected chi connectivity index (χ1v) is 7.57. The zero-order chi connectivity index (χ0) is 14.9. The summed E-state index contributed by atoms with van der Waals surface area (Å²) >= 11 is 0. The summed E-state index contributed by atoms with van der Waals surface area (Å²) in [7, 11) is 0. The van der Waals surface area contributed by atoms with Crippen molar-refractivity contribution in [2.24, 2.45) is 0 Å². The van der Waals surface area contributed by atoms with Crippen LogP contribution in [0.3, 0.4) is 0 Å². The highest BCUT2D eigenvalue weighted by atomic mass is 16.3. The molecular weight excluding hydrogens is 248 g/mol. The third-order valence-corrected chi connectivity index (χ3v) is 4.44. The molecule has 112 valence electrons. The number of phenolic OH excluding ortho intramolecular Hbond substituents is 1. The first kappa shape index (κ1) is 15.3. The fourth-order valence-electron chi connectivity index (χ4n) is 2.99. The van der Waals surface area contributed by atoms with Crippen molar-refractivity contribution in [2.75, 3.05) is 26.2 Å². The summed E-state index contributed by atoms with van der Waals surface area (Å²) in [6.45, 7) is 15.4. The number of hydrogen-bond acceptors (Lipinski definition) is 3. The van der Waals surface area contributed by atoms with Crippen LogP contribution < -0.4 is 0 Å². The number of rotatable bonds is 2. The molecule has 1 aromatic carbocycles. The molecule has 1 saturated heterocycles. The van der Waals surface area contributed by atoms with Gasteiger partial charge in [-0.1, -0.05) is 17.7 Å². The van der Waals surface area contributed by atoms with Crippen LogP contribution in [0.25, 0.3) is 0 Å². The van der Waals surface area contributed by atoms with Gasteiger partial charge >= 0.3 is 0 Å². The smallest absolute Gasteiger partial charge is 0.120 e. The summed E-state index contributed by atoms with van der Waals surface area (Å²) < 4.78 is 0. The SMILES string of the molecule is Cc1ccc(O)c(C(C)N2CCN(C(C)(C)C)CC2)c1. The Labute approximate surface area is 123 Å². The van der Waals surface area contributed by atoms with Crippen LogP contribution in [0, 0.1) is 6.92 Å². The van der Waals surface area contributed by atoms with E-state index in [9.17, 15) is 5.11 Å². The van der Waals surface area contributed by atoms with Gasteiger partial charge in [-0.15, -0.1) is 0 Å². The number of nitrogens with zero attached hydrogens (tertiary/aromatic N) is 2. The number of aryl methyl sites for hydroxylation is 1. The maximum absolute atomic E-state index is 10.1. The van der Waals surface area contributed by atoms with Gasteiger partial charge in [0, 0.05) is 43.3 Å². The molecule has 3 heteroatoms. The molecule has 0 aromatic heterocycles. The van der Waals surface area contributed by atoms with E-state index < -0.39 is 0 Å². The van der Waals surface area contributed by atoms with Gasteiger partial charge in [0.05, 0.1) is 0 Å². The normalized spacial score (nSPS) is 20.1. The highest BCUT2D eigenvalue weighted by Crippen LogP contribution is 2.30. The monoisotopic (exact) mass is 276 g/mol. The van der Waals surface area contributed by atoms with Gasteiger partial charge < -0.3 is 5.11 Å². The molecule has 2 rings (SSSR count). The van der Waals surface area contributed by atoms with Gasteiger partial charge in [0.15, 0.2) is 0 Å². The van der Waals surface area contributed by atoms with Crippen molar-refractivity contribution in [2.45, 2.75) is 46.2 Å². The molecule has 1 unspecified atom stereocenters. The summed E-state index contributed by atoms with van der Waals surface area (Å²) in [4.78, 5) is 5.00. The fourth-order valence-corrected chi connectivity index (χ4v) is 2.99. The molecular formula is C17H28N2O. The van der Waals surface area contributed by atoms with Crippen LogP contribution in [0.5, 0.6) is 5.75 Å². The lowest BCUT2D eigenvalue weighted by molar-refractivity contribution is 0.0449. The van der Waals surface area contributed by atoms with E-state index in [1.807, 2.05) is 12.1 Å². The fraction of sp³-hybridized carbons (Fsp3) is 0.647. The molecule has 1 aliphatic heterocycles. The molecule has 0 aliphatic carbocycles. The Bertz CT molecular complexity index is 457. The predicted molar refractivity (Wildman–Crippen MR) is 84.2 cm³/mol. The molecule has 0 amide bonds. The van der Waals surface area contributed by atoms with E-state index in [0.29, 0.717) is 5.75 Å². The molecule has 1 heterocycles. The lowest BCUT2D eigenvalue weighted by Gasteiger charge is -2.44. The molecule has 1 fully saturated rings. The average molecular weight is 276 g/mol. The highest BCUT2D eigenvalue weighted by molar-refractivity contribution is 5.37. The van der Waals surface area contributed by atoms with Crippen molar-refractivity contribution >= 4 is 0 Å². The zero-order valence-electron chi connectivity index (χ0n) is 13.5. The standard InChI is InChI=1S/C17H28N2O/c1-13-6-7-16(20)15(12-13)14(2)18-8-10-19(11-9-18)17(3,4)5/h6-7,12,14,20H,8-11H2,1-5H3. The zero-order valence-corrected chi connectivity index (χ0v) is 13.5. The van der Waals surface area contributed by atoms with Crippen molar-refractivity contribution in [3.05, 3.63) is 29.3 Å². The second-order valence-electron chi connectivity index (χ2n) is 6.93. The van der Waals surface area contributed by atoms with Crippen LogP contribution in [-0.4, -0.2) is 46.6 Å². The van der Waals surface area contributed by atoms with Gasteiger partial charge in [0.1, 0.15) is 5.75 Å². The Morgan fingerprint density at radius 3 is 2.25 bits per heavy atom. The Morgan fingerprint density at radius 1 is 1.10 bits per heavy atom. The molecule has 0 saturated carbocycles. The van der Waals surface area contributed by atoms with Gasteiger partial charge in [-0.05, 0) is 40.7 Å². The number of piperazine rings is 1. The van der Waals surface area contributed by atoms with Crippen LogP contribution in [-0.2, 0) is 0 Å². The second kappa shape index (κ2) is 5.74. The molecule has 1 aliphatic rings. The van der Waals surface area contributed by atoms with E-state index in [1.54, 1.807) is 0 Å². The second-order valence-corrected chi connectivity index (χ2v) is 6.93. The Morgan fingerprint density at radius 2 is 1.70 bits per heavy atom. The van der Waals surface area contributed by atoms with Gasteiger partial charge in [0.2, 0.25) is 0 Å². The van der Waals surface area contributed by atoms with Gasteiger partial charge in [0.25, 0.3) is 0 Å². The van der Waals surface area contributed by atoms with E-state index in [1.165, 1.54) is 5.56 Å². The van der Waals surface area contributed by atoms with Gasteiger partial charge in [-0.25, -0.2) is 0 Å². The number of hydrogen-bond donors (Lipinski definition) is 1. The number of phenols is 1. The average Bonchev–Trinajstić information content (AvgIpc) is 2.40. The van der Waals surface area contributed by atoms with E-state index >= 15 is 0 Å². The minimum Gasteiger partial charge on any atom is -0.508 e.